The summed E-state index contributed by atoms with van der Waals surface area (Å²) in [6.45, 7) is 6.06. The molecule has 0 unspecified atom stereocenters. The molecule has 0 aliphatic heterocycles. The quantitative estimate of drug-likeness (QED) is 0.376. The first kappa shape index (κ1) is 21.2. The Labute approximate surface area is 177 Å². The molecule has 156 valence electrons. The molecule has 0 saturated heterocycles. The summed E-state index contributed by atoms with van der Waals surface area (Å²) in [5.74, 6) is 3.70. The highest BCUT2D eigenvalue weighted by Crippen LogP contribution is 2.34. The molecule has 0 bridgehead atoms. The maximum absolute atomic E-state index is 11.8. The number of nitrogens with zero attached hydrogens (tertiary/aromatic N) is 3. The van der Waals surface area contributed by atoms with Gasteiger partial charge in [0.25, 0.3) is 0 Å². The van der Waals surface area contributed by atoms with Crippen LogP contribution in [-0.2, 0) is 19.7 Å². The molecule has 0 saturated carbocycles. The predicted octanol–water partition coefficient (Wildman–Crippen LogP) is 2.80. The van der Waals surface area contributed by atoms with Crippen molar-refractivity contribution in [2.45, 2.75) is 26.2 Å². The molecule has 3 rings (SSSR count). The number of aromatic amines is 1. The van der Waals surface area contributed by atoms with Gasteiger partial charge in [-0.1, -0.05) is 32.4 Å². The van der Waals surface area contributed by atoms with Crippen molar-refractivity contribution >= 4 is 34.8 Å². The summed E-state index contributed by atoms with van der Waals surface area (Å²) >= 11 is 6.48. The van der Waals surface area contributed by atoms with Gasteiger partial charge in [0.05, 0.1) is 25.5 Å². The van der Waals surface area contributed by atoms with Crippen LogP contribution in [0, 0.1) is 11.8 Å². The molecule has 0 fully saturated rings. The number of hydrogen-bond acceptors (Lipinski definition) is 6. The van der Waals surface area contributed by atoms with E-state index in [0.717, 1.165) is 5.69 Å². The topological polar surface area (TPSA) is 111 Å². The van der Waals surface area contributed by atoms with Crippen molar-refractivity contribution in [1.82, 2.24) is 19.8 Å². The van der Waals surface area contributed by atoms with Crippen molar-refractivity contribution in [1.29, 1.82) is 0 Å². The smallest absolute Gasteiger partial charge is 0.384 e. The van der Waals surface area contributed by atoms with E-state index in [4.69, 9.17) is 16.3 Å². The van der Waals surface area contributed by atoms with E-state index in [-0.39, 0.29) is 5.41 Å². The number of carbonyl (C=O) groups is 2. The van der Waals surface area contributed by atoms with Crippen LogP contribution in [0.25, 0.3) is 17.0 Å². The van der Waals surface area contributed by atoms with Gasteiger partial charge in [-0.25, -0.2) is 4.79 Å². The number of carbonyl (C=O) groups excluding carboxylic acids is 2. The van der Waals surface area contributed by atoms with Gasteiger partial charge in [0.1, 0.15) is 10.8 Å². The Hall–Kier alpha value is -3.51. The molecule has 0 aliphatic rings. The van der Waals surface area contributed by atoms with Gasteiger partial charge >= 0.3 is 11.9 Å². The Bertz CT molecular complexity index is 1190. The summed E-state index contributed by atoms with van der Waals surface area (Å²) in [5, 5.41) is 12.0. The van der Waals surface area contributed by atoms with Crippen molar-refractivity contribution in [3.05, 3.63) is 28.9 Å². The van der Waals surface area contributed by atoms with Crippen LogP contribution in [0.15, 0.2) is 18.2 Å². The predicted molar refractivity (Wildman–Crippen MR) is 111 cm³/mol. The van der Waals surface area contributed by atoms with Crippen LogP contribution in [0.1, 0.15) is 26.5 Å². The van der Waals surface area contributed by atoms with Crippen molar-refractivity contribution in [3.8, 4) is 29.0 Å². The SMILES string of the molecule is COC(=O)C#CC(=O)Nc1ccc(-c2nn3nc(C(C)(C)C)c(Cl)c3[nH]2)c(OC)c1. The van der Waals surface area contributed by atoms with Gasteiger partial charge in [0.2, 0.25) is 0 Å². The zero-order valence-corrected chi connectivity index (χ0v) is 17.8. The molecule has 2 aromatic heterocycles. The largest absolute Gasteiger partial charge is 0.496 e. The Morgan fingerprint density at radius 3 is 2.53 bits per heavy atom. The summed E-state index contributed by atoms with van der Waals surface area (Å²) < 4.78 is 11.3. The molecule has 1 aromatic carbocycles. The molecule has 3 aromatic rings. The van der Waals surface area contributed by atoms with Crippen molar-refractivity contribution in [3.63, 3.8) is 0 Å². The van der Waals surface area contributed by atoms with E-state index in [1.807, 2.05) is 20.8 Å². The number of ether oxygens (including phenoxy) is 2. The Morgan fingerprint density at radius 2 is 1.93 bits per heavy atom. The Kier molecular flexibility index (Phi) is 5.71. The molecule has 0 radical (unpaired) electrons. The minimum Gasteiger partial charge on any atom is -0.496 e. The number of fused-ring (bicyclic) bond motifs is 1. The third-order valence-corrected chi connectivity index (χ3v) is 4.49. The minimum absolute atomic E-state index is 0.222. The van der Waals surface area contributed by atoms with Crippen LogP contribution < -0.4 is 10.1 Å². The zero-order valence-electron chi connectivity index (χ0n) is 17.1. The number of benzene rings is 1. The lowest BCUT2D eigenvalue weighted by Gasteiger charge is -2.14. The summed E-state index contributed by atoms with van der Waals surface area (Å²) in [5.41, 5.74) is 2.18. The van der Waals surface area contributed by atoms with Crippen LogP contribution in [0.5, 0.6) is 5.75 Å². The minimum atomic E-state index is -0.797. The first-order valence-electron chi connectivity index (χ1n) is 8.88. The van der Waals surface area contributed by atoms with Gasteiger partial charge in [0, 0.05) is 29.0 Å². The van der Waals surface area contributed by atoms with Crippen LogP contribution in [0.3, 0.4) is 0 Å². The number of nitrogens with one attached hydrogen (secondary N) is 2. The maximum Gasteiger partial charge on any atom is 0.384 e. The monoisotopic (exact) mass is 429 g/mol. The van der Waals surface area contributed by atoms with Gasteiger partial charge in [-0.05, 0) is 12.1 Å². The third-order valence-electron chi connectivity index (χ3n) is 4.13. The number of H-pyrrole nitrogens is 1. The lowest BCUT2D eigenvalue weighted by molar-refractivity contribution is -0.133. The highest BCUT2D eigenvalue weighted by atomic mass is 35.5. The summed E-state index contributed by atoms with van der Waals surface area (Å²) in [7, 11) is 2.68. The standard InChI is InChI=1S/C20H20ClN5O4/c1-20(2,3)17-16(21)19-23-18(25-26(19)24-17)12-7-6-11(10-13(12)29-4)22-14(27)8-9-15(28)30-5/h6-7,10H,1-5H3,(H,22,27)(H,23,25). The highest BCUT2D eigenvalue weighted by Gasteiger charge is 2.25. The van der Waals surface area contributed by atoms with Crippen LogP contribution in [-0.4, -0.2) is 45.9 Å². The fourth-order valence-electron chi connectivity index (χ4n) is 2.68. The van der Waals surface area contributed by atoms with Crippen LogP contribution in [0.2, 0.25) is 5.02 Å². The van der Waals surface area contributed by atoms with E-state index < -0.39 is 11.9 Å². The number of amides is 1. The number of aromatic nitrogens is 4. The van der Waals surface area contributed by atoms with Crippen molar-refractivity contribution in [2.24, 2.45) is 0 Å². The first-order chi connectivity index (χ1) is 14.1. The second-order valence-corrected chi connectivity index (χ2v) is 7.71. The molecular formula is C20H20ClN5O4. The summed E-state index contributed by atoms with van der Waals surface area (Å²) in [6, 6.07) is 4.99. The van der Waals surface area contributed by atoms with E-state index in [0.29, 0.717) is 33.5 Å². The van der Waals surface area contributed by atoms with Gasteiger partial charge in [-0.2, -0.15) is 5.10 Å². The van der Waals surface area contributed by atoms with Gasteiger partial charge < -0.3 is 19.8 Å². The molecule has 9 nitrogen and oxygen atoms in total. The first-order valence-corrected chi connectivity index (χ1v) is 9.26. The molecule has 0 aliphatic carbocycles. The molecule has 0 spiro atoms. The zero-order chi connectivity index (χ0) is 22.1. The van der Waals surface area contributed by atoms with Gasteiger partial charge in [-0.3, -0.25) is 4.79 Å². The number of rotatable bonds is 3. The fraction of sp³-hybridized carbons (Fsp3) is 0.300. The number of hydrogen-bond donors (Lipinski definition) is 2. The molecule has 2 heterocycles. The molecule has 0 atom stereocenters. The van der Waals surface area contributed by atoms with Crippen LogP contribution >= 0.6 is 11.6 Å². The van der Waals surface area contributed by atoms with Crippen molar-refractivity contribution < 1.29 is 19.1 Å². The average Bonchev–Trinajstić information content (AvgIpc) is 3.25. The van der Waals surface area contributed by atoms with E-state index in [9.17, 15) is 9.59 Å². The fourth-order valence-corrected chi connectivity index (χ4v) is 3.13. The van der Waals surface area contributed by atoms with Crippen molar-refractivity contribution in [2.75, 3.05) is 19.5 Å². The lowest BCUT2D eigenvalue weighted by atomic mass is 9.92. The number of anilines is 1. The molecule has 10 heteroatoms. The summed E-state index contributed by atoms with van der Waals surface area (Å²) in [4.78, 5) is 26.0. The second kappa shape index (κ2) is 8.08. The van der Waals surface area contributed by atoms with Gasteiger partial charge in [0.15, 0.2) is 11.5 Å². The van der Waals surface area contributed by atoms with E-state index in [1.54, 1.807) is 18.2 Å². The number of methoxy groups -OCH3 is 2. The van der Waals surface area contributed by atoms with E-state index in [2.05, 4.69) is 37.1 Å². The average molecular weight is 430 g/mol. The third kappa shape index (κ3) is 4.23. The van der Waals surface area contributed by atoms with Crippen LogP contribution in [0.4, 0.5) is 5.69 Å². The van der Waals surface area contributed by atoms with Gasteiger partial charge in [-0.15, -0.1) is 9.73 Å². The number of esters is 1. The summed E-state index contributed by atoms with van der Waals surface area (Å²) in [6.07, 6.45) is 0. The molecule has 1 amide bonds. The maximum atomic E-state index is 11.8. The normalized spacial score (nSPS) is 11.0. The molecule has 30 heavy (non-hydrogen) atoms. The van der Waals surface area contributed by atoms with E-state index >= 15 is 0 Å². The second-order valence-electron chi connectivity index (χ2n) is 7.34. The molecule has 2 N–H and O–H groups in total. The number of halogens is 1. The Balaban J connectivity index is 1.90. The molecular weight excluding hydrogens is 410 g/mol. The van der Waals surface area contributed by atoms with E-state index in [1.165, 1.54) is 18.8 Å². The Morgan fingerprint density at radius 1 is 1.20 bits per heavy atom. The lowest BCUT2D eigenvalue weighted by Crippen LogP contribution is -2.13. The highest BCUT2D eigenvalue weighted by molar-refractivity contribution is 6.34.